The second kappa shape index (κ2) is 12.3. The van der Waals surface area contributed by atoms with E-state index in [0.29, 0.717) is 12.2 Å². The fourth-order valence-corrected chi connectivity index (χ4v) is 4.87. The predicted octanol–water partition coefficient (Wildman–Crippen LogP) is 7.63. The number of unbranched alkanes of at least 4 members (excludes halogenated alkanes) is 1. The number of ether oxygens (including phenoxy) is 1. The molecule has 4 rings (SSSR count). The van der Waals surface area contributed by atoms with E-state index in [1.807, 2.05) is 18.2 Å². The zero-order valence-electron chi connectivity index (χ0n) is 23.9. The van der Waals surface area contributed by atoms with E-state index in [2.05, 4.69) is 98.4 Å². The van der Waals surface area contributed by atoms with E-state index < -0.39 is 4.16 Å². The van der Waals surface area contributed by atoms with Crippen molar-refractivity contribution in [1.29, 1.82) is 5.26 Å². The van der Waals surface area contributed by atoms with Gasteiger partial charge < -0.3 is 4.74 Å². The van der Waals surface area contributed by atoms with Crippen LogP contribution in [0.5, 0.6) is 5.75 Å². The Balaban J connectivity index is 1.62. The number of hydroxylamine groups is 1. The number of hydrogen-bond donors (Lipinski definition) is 3. The van der Waals surface area contributed by atoms with Crippen molar-refractivity contribution < 1.29 is 14.1 Å². The number of hydrogen-bond acceptors (Lipinski definition) is 7. The lowest BCUT2D eigenvalue weighted by molar-refractivity contribution is -0.955. The predicted molar refractivity (Wildman–Crippen MR) is 163 cm³/mol. The topological polar surface area (TPSA) is 91.1 Å². The zero-order chi connectivity index (χ0) is 28.9. The molecule has 0 aliphatic heterocycles. The summed E-state index contributed by atoms with van der Waals surface area (Å²) in [6.45, 7) is 9.32. The van der Waals surface area contributed by atoms with Crippen LogP contribution in [0.1, 0.15) is 69.2 Å². The quantitative estimate of drug-likeness (QED) is 0.0761. The van der Waals surface area contributed by atoms with E-state index in [0.717, 1.165) is 64.6 Å². The third-order valence-electron chi connectivity index (χ3n) is 7.10. The van der Waals surface area contributed by atoms with Crippen LogP contribution in [-0.4, -0.2) is 33.0 Å². The fraction of sp³-hybridized carbons (Fsp3) is 0.344. The molecule has 0 radical (unpaired) electrons. The lowest BCUT2D eigenvalue weighted by atomic mass is 9.76. The number of anilines is 1. The summed E-state index contributed by atoms with van der Waals surface area (Å²) in [6, 6.07) is 21.2. The van der Waals surface area contributed by atoms with Crippen molar-refractivity contribution >= 4 is 29.7 Å². The number of quaternary nitrogens is 1. The number of fused-ring (bicyclic) bond motifs is 1. The van der Waals surface area contributed by atoms with E-state index in [4.69, 9.17) is 4.74 Å². The average molecular weight is 557 g/mol. The molecule has 0 spiro atoms. The minimum Gasteiger partial charge on any atom is -0.492 e. The van der Waals surface area contributed by atoms with Crippen LogP contribution in [0.15, 0.2) is 60.8 Å². The molecule has 0 amide bonds. The third-order valence-corrected chi connectivity index (χ3v) is 7.20. The first-order valence-electron chi connectivity index (χ1n) is 13.7. The SMILES string of the molecule is CCCCOc1c(C#N)cc(C(C)(C)c2ccc(-c3ccc4nc(N[N+](C)(O)S)ncc4c3)cc2)cc1CCC. The molecule has 0 fully saturated rings. The van der Waals surface area contributed by atoms with Gasteiger partial charge in [0.05, 0.1) is 17.7 Å². The summed E-state index contributed by atoms with van der Waals surface area (Å²) in [5.41, 5.74) is 9.28. The summed E-state index contributed by atoms with van der Waals surface area (Å²) in [4.78, 5) is 8.75. The van der Waals surface area contributed by atoms with Crippen molar-refractivity contribution in [2.24, 2.45) is 0 Å². The van der Waals surface area contributed by atoms with Gasteiger partial charge in [-0.05, 0) is 63.0 Å². The third kappa shape index (κ3) is 6.73. The number of nitrogens with zero attached hydrogens (tertiary/aromatic N) is 4. The molecule has 3 aromatic carbocycles. The molecular formula is C32H38N5O2S+. The van der Waals surface area contributed by atoms with Crippen molar-refractivity contribution in [3.05, 3.63) is 83.0 Å². The average Bonchev–Trinajstić information content (AvgIpc) is 2.92. The first-order valence-corrected chi connectivity index (χ1v) is 14.1. The van der Waals surface area contributed by atoms with Gasteiger partial charge in [0.15, 0.2) is 0 Å². The zero-order valence-corrected chi connectivity index (χ0v) is 24.8. The Bertz CT molecular complexity index is 1520. The monoisotopic (exact) mass is 556 g/mol. The molecular weight excluding hydrogens is 518 g/mol. The summed E-state index contributed by atoms with van der Waals surface area (Å²) in [6.07, 6.45) is 5.60. The van der Waals surface area contributed by atoms with E-state index in [-0.39, 0.29) is 11.4 Å². The van der Waals surface area contributed by atoms with Crippen LogP contribution in [0.3, 0.4) is 0 Å². The molecule has 0 saturated heterocycles. The van der Waals surface area contributed by atoms with Crippen molar-refractivity contribution in [1.82, 2.24) is 9.97 Å². The maximum atomic E-state index is 9.97. The van der Waals surface area contributed by atoms with Gasteiger partial charge in [-0.1, -0.05) is 76.9 Å². The van der Waals surface area contributed by atoms with Crippen LogP contribution in [0.25, 0.3) is 22.0 Å². The molecule has 0 aliphatic carbocycles. The van der Waals surface area contributed by atoms with E-state index >= 15 is 0 Å². The maximum absolute atomic E-state index is 9.97. The fourth-order valence-electron chi connectivity index (χ4n) is 4.78. The first-order chi connectivity index (χ1) is 19.1. The molecule has 208 valence electrons. The molecule has 1 heterocycles. The number of benzene rings is 3. The molecule has 40 heavy (non-hydrogen) atoms. The molecule has 0 aliphatic rings. The Kier molecular flexibility index (Phi) is 8.99. The number of aryl methyl sites for hydroxylation is 1. The Morgan fingerprint density at radius 1 is 1.02 bits per heavy atom. The second-order valence-corrected chi connectivity index (χ2v) is 11.5. The van der Waals surface area contributed by atoms with Gasteiger partial charge in [-0.3, -0.25) is 0 Å². The van der Waals surface area contributed by atoms with Crippen molar-refractivity contribution in [2.45, 2.75) is 58.8 Å². The van der Waals surface area contributed by atoms with Crippen molar-refractivity contribution in [3.8, 4) is 22.9 Å². The highest BCUT2D eigenvalue weighted by atomic mass is 32.1. The highest BCUT2D eigenvalue weighted by Crippen LogP contribution is 2.37. The van der Waals surface area contributed by atoms with Gasteiger partial charge in [0.2, 0.25) is 0 Å². The van der Waals surface area contributed by atoms with Crippen LogP contribution in [0.4, 0.5) is 5.95 Å². The second-order valence-electron chi connectivity index (χ2n) is 10.8. The highest BCUT2D eigenvalue weighted by Gasteiger charge is 2.26. The summed E-state index contributed by atoms with van der Waals surface area (Å²) < 4.78 is 5.34. The Labute approximate surface area is 242 Å². The van der Waals surface area contributed by atoms with Gasteiger partial charge in [0.1, 0.15) is 31.7 Å². The number of aromatic nitrogens is 2. The van der Waals surface area contributed by atoms with E-state index in [1.165, 1.54) is 12.6 Å². The molecule has 0 bridgehead atoms. The molecule has 1 aromatic heterocycles. The van der Waals surface area contributed by atoms with Gasteiger partial charge in [-0.15, -0.1) is 0 Å². The van der Waals surface area contributed by atoms with Crippen molar-refractivity contribution in [2.75, 3.05) is 19.1 Å². The van der Waals surface area contributed by atoms with Crippen LogP contribution >= 0.6 is 12.8 Å². The molecule has 2 N–H and O–H groups in total. The van der Waals surface area contributed by atoms with Gasteiger partial charge in [0, 0.05) is 17.0 Å². The van der Waals surface area contributed by atoms with E-state index in [1.54, 1.807) is 6.20 Å². The van der Waals surface area contributed by atoms with E-state index in [9.17, 15) is 10.5 Å². The summed E-state index contributed by atoms with van der Waals surface area (Å²) >= 11 is 4.00. The van der Waals surface area contributed by atoms with Gasteiger partial charge in [-0.25, -0.2) is 9.97 Å². The van der Waals surface area contributed by atoms with Crippen LogP contribution < -0.4 is 10.2 Å². The van der Waals surface area contributed by atoms with Gasteiger partial charge in [-0.2, -0.15) is 15.9 Å². The maximum Gasteiger partial charge on any atom is 0.273 e. The molecule has 1 unspecified atom stereocenters. The molecule has 7 nitrogen and oxygen atoms in total. The summed E-state index contributed by atoms with van der Waals surface area (Å²) in [5.74, 6) is 1.03. The smallest absolute Gasteiger partial charge is 0.273 e. The summed E-state index contributed by atoms with van der Waals surface area (Å²) in [7, 11) is 1.45. The van der Waals surface area contributed by atoms with Crippen LogP contribution in [0.2, 0.25) is 0 Å². The van der Waals surface area contributed by atoms with Gasteiger partial charge >= 0.3 is 0 Å². The number of thiol groups is 1. The number of nitriles is 1. The first kappa shape index (κ1) is 29.3. The molecule has 0 saturated carbocycles. The molecule has 4 aromatic rings. The normalized spacial score (nSPS) is 13.1. The number of nitrogens with one attached hydrogen (secondary N) is 1. The molecule has 1 atom stereocenters. The van der Waals surface area contributed by atoms with Crippen LogP contribution in [-0.2, 0) is 11.8 Å². The number of rotatable bonds is 11. The highest BCUT2D eigenvalue weighted by molar-refractivity contribution is 7.74. The molecule has 8 heteroatoms. The van der Waals surface area contributed by atoms with Crippen molar-refractivity contribution in [3.63, 3.8) is 0 Å². The minimum absolute atomic E-state index is 0.286. The van der Waals surface area contributed by atoms with Gasteiger partial charge in [0.25, 0.3) is 5.95 Å². The van der Waals surface area contributed by atoms with Crippen LogP contribution in [0, 0.1) is 11.3 Å². The summed E-state index contributed by atoms with van der Waals surface area (Å²) in [5, 5.41) is 20.7. The Morgan fingerprint density at radius 3 is 2.40 bits per heavy atom. The Morgan fingerprint density at radius 2 is 1.75 bits per heavy atom. The lowest BCUT2D eigenvalue weighted by Crippen LogP contribution is -2.36. The lowest BCUT2D eigenvalue weighted by Gasteiger charge is -2.28. The Hall–Kier alpha value is -3.64. The minimum atomic E-state index is -0.763. The largest absolute Gasteiger partial charge is 0.492 e. The standard InChI is InChI=1S/C32H38N5O2S/c1-6-8-16-39-30-24(9-7-2)18-28(19-25(30)20-33)32(3,4)27-13-10-22(11-14-27)23-12-15-29-26(17-23)21-34-31(35-29)36-37(5,38)40/h10-15,17-19,21,38,40H,6-9,16H2,1-5H3,(H,34,35,36)/q+1.